The summed E-state index contributed by atoms with van der Waals surface area (Å²) in [6.07, 6.45) is 4.24. The first-order valence-electron chi connectivity index (χ1n) is 9.24. The second-order valence-electron chi connectivity index (χ2n) is 6.69. The van der Waals surface area contributed by atoms with E-state index in [2.05, 4.69) is 11.9 Å². The Morgan fingerprint density at radius 3 is 2.70 bits per heavy atom. The summed E-state index contributed by atoms with van der Waals surface area (Å²) in [5.41, 5.74) is 2.82. The molecule has 2 unspecified atom stereocenters. The average Bonchev–Trinajstić information content (AvgIpc) is 3.18. The van der Waals surface area contributed by atoms with Gasteiger partial charge in [-0.05, 0) is 49.1 Å². The Morgan fingerprint density at radius 1 is 1.30 bits per heavy atom. The summed E-state index contributed by atoms with van der Waals surface area (Å²) in [4.78, 5) is 18.5. The van der Waals surface area contributed by atoms with Gasteiger partial charge in [0.1, 0.15) is 17.5 Å². The van der Waals surface area contributed by atoms with Gasteiger partial charge in [-0.1, -0.05) is 13.0 Å². The van der Waals surface area contributed by atoms with Gasteiger partial charge >= 0.3 is 5.97 Å². The Morgan fingerprint density at radius 2 is 2.11 bits per heavy atom. The number of methoxy groups -OCH3 is 2. The number of nitrogens with zero attached hydrogens (tertiary/aromatic N) is 2. The molecule has 0 spiro atoms. The Kier molecular flexibility index (Phi) is 5.96. The minimum Gasteiger partial charge on any atom is -0.497 e. The van der Waals surface area contributed by atoms with Gasteiger partial charge in [-0.25, -0.2) is 0 Å². The Labute approximate surface area is 159 Å². The third-order valence-electron chi connectivity index (χ3n) is 5.18. The van der Waals surface area contributed by atoms with Gasteiger partial charge in [0, 0.05) is 18.3 Å². The van der Waals surface area contributed by atoms with Gasteiger partial charge in [0.15, 0.2) is 0 Å². The monoisotopic (exact) mass is 370 g/mol. The van der Waals surface area contributed by atoms with Gasteiger partial charge in [0.25, 0.3) is 0 Å². The van der Waals surface area contributed by atoms with Crippen LogP contribution in [-0.2, 0) is 11.2 Å². The summed E-state index contributed by atoms with van der Waals surface area (Å²) in [6.45, 7) is 2.78. The molecule has 1 aromatic carbocycles. The smallest absolute Gasteiger partial charge is 0.320 e. The topological polar surface area (TPSA) is 71.9 Å². The first-order chi connectivity index (χ1) is 13.1. The van der Waals surface area contributed by atoms with E-state index in [4.69, 9.17) is 9.47 Å². The van der Waals surface area contributed by atoms with E-state index >= 15 is 0 Å². The second kappa shape index (κ2) is 8.39. The maximum Gasteiger partial charge on any atom is 0.320 e. The number of hydrogen-bond donors (Lipinski definition) is 1. The highest BCUT2D eigenvalue weighted by Gasteiger charge is 2.38. The summed E-state index contributed by atoms with van der Waals surface area (Å²) < 4.78 is 11.0. The molecule has 0 bridgehead atoms. The van der Waals surface area contributed by atoms with Crippen LogP contribution in [0.1, 0.15) is 42.6 Å². The van der Waals surface area contributed by atoms with Gasteiger partial charge in [-0.2, -0.15) is 0 Å². The van der Waals surface area contributed by atoms with Crippen molar-refractivity contribution in [1.29, 1.82) is 0 Å². The van der Waals surface area contributed by atoms with Gasteiger partial charge in [0.2, 0.25) is 0 Å². The Balaban J connectivity index is 2.13. The van der Waals surface area contributed by atoms with Crippen molar-refractivity contribution >= 4 is 5.97 Å². The van der Waals surface area contributed by atoms with Crippen molar-refractivity contribution in [3.05, 3.63) is 53.3 Å². The molecular weight excluding hydrogens is 344 g/mol. The van der Waals surface area contributed by atoms with Crippen LogP contribution in [0.15, 0.2) is 36.5 Å². The lowest BCUT2D eigenvalue weighted by atomic mass is 9.98. The van der Waals surface area contributed by atoms with Crippen LogP contribution in [0.5, 0.6) is 11.5 Å². The van der Waals surface area contributed by atoms with Gasteiger partial charge in [0.05, 0.1) is 26.0 Å². The highest BCUT2D eigenvalue weighted by atomic mass is 16.5. The predicted molar refractivity (Wildman–Crippen MR) is 102 cm³/mol. The number of carboxylic acid groups (broad SMARTS) is 1. The number of hydrogen-bond acceptors (Lipinski definition) is 5. The molecule has 2 atom stereocenters. The van der Waals surface area contributed by atoms with Gasteiger partial charge < -0.3 is 14.6 Å². The van der Waals surface area contributed by atoms with Crippen molar-refractivity contribution in [2.75, 3.05) is 20.8 Å². The van der Waals surface area contributed by atoms with Crippen LogP contribution in [0.2, 0.25) is 0 Å². The molecule has 0 radical (unpaired) electrons. The minimum absolute atomic E-state index is 0.315. The number of aryl methyl sites for hydroxylation is 1. The van der Waals surface area contributed by atoms with Crippen LogP contribution < -0.4 is 9.47 Å². The summed E-state index contributed by atoms with van der Waals surface area (Å²) in [7, 11) is 3.24. The molecular formula is C21H26N2O4. The molecule has 1 fully saturated rings. The number of ether oxygens (including phenoxy) is 2. The van der Waals surface area contributed by atoms with Crippen molar-refractivity contribution in [2.45, 2.75) is 38.3 Å². The van der Waals surface area contributed by atoms with Crippen LogP contribution in [0.3, 0.4) is 0 Å². The van der Waals surface area contributed by atoms with Crippen LogP contribution in [-0.4, -0.2) is 47.8 Å². The summed E-state index contributed by atoms with van der Waals surface area (Å²) in [5, 5.41) is 9.72. The quantitative estimate of drug-likeness (QED) is 0.806. The van der Waals surface area contributed by atoms with E-state index < -0.39 is 12.0 Å². The molecule has 2 aromatic rings. The maximum atomic E-state index is 11.8. The number of rotatable bonds is 7. The molecule has 144 valence electrons. The van der Waals surface area contributed by atoms with E-state index in [1.165, 1.54) is 0 Å². The number of aliphatic carboxylic acids is 1. The largest absolute Gasteiger partial charge is 0.497 e. The highest BCUT2D eigenvalue weighted by molar-refractivity contribution is 5.74. The zero-order valence-corrected chi connectivity index (χ0v) is 16.0. The molecule has 2 heterocycles. The molecule has 1 saturated heterocycles. The molecule has 1 aliphatic rings. The number of carbonyl (C=O) groups is 1. The predicted octanol–water partition coefficient (Wildman–Crippen LogP) is 3.30. The highest BCUT2D eigenvalue weighted by Crippen LogP contribution is 2.39. The Bertz CT molecular complexity index is 791. The zero-order valence-electron chi connectivity index (χ0n) is 16.0. The number of carboxylic acids is 1. The molecule has 1 aliphatic heterocycles. The second-order valence-corrected chi connectivity index (χ2v) is 6.69. The molecule has 27 heavy (non-hydrogen) atoms. The number of likely N-dealkylation sites (tertiary alicyclic amines) is 1. The fraction of sp³-hybridized carbons (Fsp3) is 0.429. The lowest BCUT2D eigenvalue weighted by Gasteiger charge is -2.32. The SMILES string of the molecule is CCc1ccc(C(c2cc(OC)ccc2OC)N2CCCC2C(=O)O)nc1. The van der Waals surface area contributed by atoms with E-state index in [-0.39, 0.29) is 6.04 Å². The summed E-state index contributed by atoms with van der Waals surface area (Å²) in [5.74, 6) is 0.592. The van der Waals surface area contributed by atoms with E-state index in [1.54, 1.807) is 14.2 Å². The van der Waals surface area contributed by atoms with Crippen molar-refractivity contribution in [2.24, 2.45) is 0 Å². The fourth-order valence-corrected chi connectivity index (χ4v) is 3.73. The molecule has 0 aliphatic carbocycles. The molecule has 3 rings (SSSR count). The van der Waals surface area contributed by atoms with Crippen molar-refractivity contribution < 1.29 is 19.4 Å². The standard InChI is InChI=1S/C21H26N2O4/c1-4-14-7-9-17(22-13-14)20(23-11-5-6-18(23)21(24)25)16-12-15(26-2)8-10-19(16)27-3/h7-10,12-13,18,20H,4-6,11H2,1-3H3,(H,24,25). The minimum atomic E-state index is -0.801. The number of pyridine rings is 1. The van der Waals surface area contributed by atoms with Crippen LogP contribution >= 0.6 is 0 Å². The fourth-order valence-electron chi connectivity index (χ4n) is 3.73. The molecule has 6 nitrogen and oxygen atoms in total. The average molecular weight is 370 g/mol. The van der Waals surface area contributed by atoms with Gasteiger partial charge in [-0.15, -0.1) is 0 Å². The van der Waals surface area contributed by atoms with Crippen molar-refractivity contribution in [3.8, 4) is 11.5 Å². The number of benzene rings is 1. The first kappa shape index (κ1) is 19.2. The van der Waals surface area contributed by atoms with Crippen LogP contribution in [0.4, 0.5) is 0 Å². The zero-order chi connectivity index (χ0) is 19.4. The molecule has 0 amide bonds. The molecule has 6 heteroatoms. The van der Waals surface area contributed by atoms with E-state index in [9.17, 15) is 9.90 Å². The lowest BCUT2D eigenvalue weighted by molar-refractivity contribution is -0.142. The van der Waals surface area contributed by atoms with Crippen molar-refractivity contribution in [3.63, 3.8) is 0 Å². The normalized spacial score (nSPS) is 18.3. The molecule has 1 N–H and O–H groups in total. The van der Waals surface area contributed by atoms with E-state index in [1.807, 2.05) is 41.4 Å². The third kappa shape index (κ3) is 3.90. The first-order valence-corrected chi connectivity index (χ1v) is 9.24. The molecule has 0 saturated carbocycles. The van der Waals surface area contributed by atoms with Crippen molar-refractivity contribution in [1.82, 2.24) is 9.88 Å². The molecule has 1 aromatic heterocycles. The van der Waals surface area contributed by atoms with E-state index in [0.717, 1.165) is 29.7 Å². The number of aromatic nitrogens is 1. The summed E-state index contributed by atoms with van der Waals surface area (Å²) in [6, 6.07) is 8.78. The lowest BCUT2D eigenvalue weighted by Crippen LogP contribution is -2.39. The van der Waals surface area contributed by atoms with Crippen LogP contribution in [0, 0.1) is 0 Å². The van der Waals surface area contributed by atoms with E-state index in [0.29, 0.717) is 24.5 Å². The van der Waals surface area contributed by atoms with Gasteiger partial charge in [-0.3, -0.25) is 14.7 Å². The maximum absolute atomic E-state index is 11.8. The third-order valence-corrected chi connectivity index (χ3v) is 5.18. The summed E-state index contributed by atoms with van der Waals surface area (Å²) >= 11 is 0. The van der Waals surface area contributed by atoms with Crippen LogP contribution in [0.25, 0.3) is 0 Å². The Hall–Kier alpha value is -2.60.